The molecule has 0 saturated carbocycles. The number of benzene rings is 1. The van der Waals surface area contributed by atoms with Crippen LogP contribution in [-0.2, 0) is 6.54 Å². The van der Waals surface area contributed by atoms with Crippen molar-refractivity contribution in [1.29, 1.82) is 0 Å². The smallest absolute Gasteiger partial charge is 0.175 e. The topological polar surface area (TPSA) is 30.5 Å². The molecule has 2 rings (SSSR count). The summed E-state index contributed by atoms with van der Waals surface area (Å²) in [4.78, 5) is 0. The van der Waals surface area contributed by atoms with Crippen molar-refractivity contribution in [3.63, 3.8) is 0 Å². The van der Waals surface area contributed by atoms with Gasteiger partial charge >= 0.3 is 0 Å². The van der Waals surface area contributed by atoms with Crippen LogP contribution >= 0.6 is 27.7 Å². The molecular formula is C16H24BrNO2S. The SMILES string of the molecule is CCCOc1c(Br)cc(CNC2CCCSC2)cc1OC. The third-order valence-electron chi connectivity index (χ3n) is 3.49. The van der Waals surface area contributed by atoms with Gasteiger partial charge in [0.25, 0.3) is 0 Å². The van der Waals surface area contributed by atoms with E-state index in [9.17, 15) is 0 Å². The fourth-order valence-corrected chi connectivity index (χ4v) is 4.09. The van der Waals surface area contributed by atoms with E-state index in [0.717, 1.165) is 28.9 Å². The summed E-state index contributed by atoms with van der Waals surface area (Å²) in [5.74, 6) is 4.13. The first-order valence-electron chi connectivity index (χ1n) is 7.55. The van der Waals surface area contributed by atoms with Gasteiger partial charge in [-0.1, -0.05) is 6.92 Å². The van der Waals surface area contributed by atoms with Gasteiger partial charge in [-0.05, 0) is 58.6 Å². The van der Waals surface area contributed by atoms with Crippen LogP contribution in [0.3, 0.4) is 0 Å². The van der Waals surface area contributed by atoms with Crippen LogP contribution < -0.4 is 14.8 Å². The lowest BCUT2D eigenvalue weighted by molar-refractivity contribution is 0.292. The predicted octanol–water partition coefficient (Wildman–Crippen LogP) is 4.23. The van der Waals surface area contributed by atoms with E-state index in [1.807, 2.05) is 11.8 Å². The lowest BCUT2D eigenvalue weighted by Crippen LogP contribution is -2.33. The van der Waals surface area contributed by atoms with Crippen molar-refractivity contribution in [2.45, 2.75) is 38.8 Å². The van der Waals surface area contributed by atoms with Crippen LogP contribution in [0.2, 0.25) is 0 Å². The summed E-state index contributed by atoms with van der Waals surface area (Å²) in [7, 11) is 1.69. The Morgan fingerprint density at radius 1 is 1.43 bits per heavy atom. The molecule has 118 valence electrons. The highest BCUT2D eigenvalue weighted by Crippen LogP contribution is 2.36. The Morgan fingerprint density at radius 3 is 2.95 bits per heavy atom. The van der Waals surface area contributed by atoms with E-state index < -0.39 is 0 Å². The van der Waals surface area contributed by atoms with Crippen molar-refractivity contribution in [3.8, 4) is 11.5 Å². The zero-order valence-electron chi connectivity index (χ0n) is 12.8. The molecule has 0 aliphatic carbocycles. The largest absolute Gasteiger partial charge is 0.493 e. The van der Waals surface area contributed by atoms with E-state index in [1.165, 1.54) is 29.9 Å². The average molecular weight is 374 g/mol. The maximum Gasteiger partial charge on any atom is 0.175 e. The highest BCUT2D eigenvalue weighted by Gasteiger charge is 2.15. The molecule has 0 bridgehead atoms. The molecule has 5 heteroatoms. The van der Waals surface area contributed by atoms with Gasteiger partial charge in [-0.25, -0.2) is 0 Å². The van der Waals surface area contributed by atoms with Gasteiger partial charge in [0.05, 0.1) is 18.2 Å². The van der Waals surface area contributed by atoms with E-state index in [2.05, 4.69) is 40.3 Å². The Balaban J connectivity index is 2.00. The third kappa shape index (κ3) is 5.08. The first kappa shape index (κ1) is 17.0. The van der Waals surface area contributed by atoms with Crippen LogP contribution in [0.15, 0.2) is 16.6 Å². The van der Waals surface area contributed by atoms with Crippen molar-refractivity contribution in [2.24, 2.45) is 0 Å². The molecule has 1 fully saturated rings. The van der Waals surface area contributed by atoms with Crippen molar-refractivity contribution in [2.75, 3.05) is 25.2 Å². The van der Waals surface area contributed by atoms with E-state index in [-0.39, 0.29) is 0 Å². The van der Waals surface area contributed by atoms with Crippen LogP contribution in [0.4, 0.5) is 0 Å². The van der Waals surface area contributed by atoms with Gasteiger partial charge < -0.3 is 14.8 Å². The standard InChI is InChI=1S/C16H24BrNO2S/c1-3-6-20-16-14(17)8-12(9-15(16)19-2)10-18-13-5-4-7-21-11-13/h8-9,13,18H,3-7,10-11H2,1-2H3. The van der Waals surface area contributed by atoms with Crippen LogP contribution in [0.5, 0.6) is 11.5 Å². The number of hydrogen-bond acceptors (Lipinski definition) is 4. The molecule has 1 saturated heterocycles. The Bertz CT molecular complexity index is 450. The lowest BCUT2D eigenvalue weighted by atomic mass is 10.1. The first-order valence-corrected chi connectivity index (χ1v) is 9.49. The molecular weight excluding hydrogens is 350 g/mol. The average Bonchev–Trinajstić information content (AvgIpc) is 2.52. The number of hydrogen-bond donors (Lipinski definition) is 1. The highest BCUT2D eigenvalue weighted by molar-refractivity contribution is 9.10. The van der Waals surface area contributed by atoms with Crippen LogP contribution in [0.1, 0.15) is 31.7 Å². The molecule has 1 aromatic rings. The lowest BCUT2D eigenvalue weighted by Gasteiger charge is -2.23. The second-order valence-corrected chi connectivity index (χ2v) is 7.26. The zero-order chi connectivity index (χ0) is 15.1. The molecule has 1 aromatic carbocycles. The van der Waals surface area contributed by atoms with Gasteiger partial charge in [0.2, 0.25) is 0 Å². The molecule has 1 heterocycles. The van der Waals surface area contributed by atoms with E-state index in [0.29, 0.717) is 12.6 Å². The summed E-state index contributed by atoms with van der Waals surface area (Å²) in [5, 5.41) is 3.64. The second-order valence-electron chi connectivity index (χ2n) is 5.25. The van der Waals surface area contributed by atoms with E-state index >= 15 is 0 Å². The van der Waals surface area contributed by atoms with Crippen molar-refractivity contribution in [3.05, 3.63) is 22.2 Å². The molecule has 0 spiro atoms. The minimum atomic E-state index is 0.629. The predicted molar refractivity (Wildman–Crippen MR) is 93.7 cm³/mol. The van der Waals surface area contributed by atoms with Crippen molar-refractivity contribution >= 4 is 27.7 Å². The maximum atomic E-state index is 5.76. The Labute approximate surface area is 140 Å². The molecule has 0 aromatic heterocycles. The van der Waals surface area contributed by atoms with Crippen LogP contribution in [0.25, 0.3) is 0 Å². The number of nitrogens with one attached hydrogen (secondary N) is 1. The van der Waals surface area contributed by atoms with Gasteiger partial charge in [-0.3, -0.25) is 0 Å². The number of halogens is 1. The normalized spacial score (nSPS) is 18.5. The number of ether oxygens (including phenoxy) is 2. The van der Waals surface area contributed by atoms with Gasteiger partial charge in [0.1, 0.15) is 0 Å². The number of rotatable bonds is 7. The summed E-state index contributed by atoms with van der Waals surface area (Å²) >= 11 is 5.64. The zero-order valence-corrected chi connectivity index (χ0v) is 15.2. The van der Waals surface area contributed by atoms with E-state index in [4.69, 9.17) is 9.47 Å². The molecule has 0 amide bonds. The summed E-state index contributed by atoms with van der Waals surface area (Å²) in [6.45, 7) is 3.67. The molecule has 1 unspecified atom stereocenters. The van der Waals surface area contributed by atoms with Gasteiger partial charge in [-0.2, -0.15) is 11.8 Å². The molecule has 1 aliphatic rings. The quantitative estimate of drug-likeness (QED) is 0.774. The summed E-state index contributed by atoms with van der Waals surface area (Å²) in [5.41, 5.74) is 1.22. The first-order chi connectivity index (χ1) is 10.2. The molecule has 3 nitrogen and oxygen atoms in total. The summed E-state index contributed by atoms with van der Waals surface area (Å²) < 4.78 is 12.2. The third-order valence-corrected chi connectivity index (χ3v) is 5.30. The number of methoxy groups -OCH3 is 1. The number of thioether (sulfide) groups is 1. The van der Waals surface area contributed by atoms with Crippen molar-refractivity contribution < 1.29 is 9.47 Å². The van der Waals surface area contributed by atoms with Gasteiger partial charge in [-0.15, -0.1) is 0 Å². The molecule has 1 N–H and O–H groups in total. The maximum absolute atomic E-state index is 5.76. The summed E-state index contributed by atoms with van der Waals surface area (Å²) in [6, 6.07) is 4.82. The highest BCUT2D eigenvalue weighted by atomic mass is 79.9. The molecule has 21 heavy (non-hydrogen) atoms. The van der Waals surface area contributed by atoms with Crippen LogP contribution in [-0.4, -0.2) is 31.3 Å². The molecule has 1 aliphatic heterocycles. The van der Waals surface area contributed by atoms with Crippen LogP contribution in [0, 0.1) is 0 Å². The molecule has 0 radical (unpaired) electrons. The van der Waals surface area contributed by atoms with Crippen molar-refractivity contribution in [1.82, 2.24) is 5.32 Å². The monoisotopic (exact) mass is 373 g/mol. The Hall–Kier alpha value is -0.390. The minimum Gasteiger partial charge on any atom is -0.493 e. The second kappa shape index (κ2) is 8.91. The minimum absolute atomic E-state index is 0.629. The summed E-state index contributed by atoms with van der Waals surface area (Å²) in [6.07, 6.45) is 3.58. The van der Waals surface area contributed by atoms with E-state index in [1.54, 1.807) is 7.11 Å². The fourth-order valence-electron chi connectivity index (χ4n) is 2.38. The van der Waals surface area contributed by atoms with Gasteiger partial charge in [0.15, 0.2) is 11.5 Å². The fraction of sp³-hybridized carbons (Fsp3) is 0.625. The molecule has 1 atom stereocenters. The van der Waals surface area contributed by atoms with Gasteiger partial charge in [0, 0.05) is 18.3 Å². The Kier molecular flexibility index (Phi) is 7.20. The Morgan fingerprint density at radius 2 is 2.29 bits per heavy atom.